The van der Waals surface area contributed by atoms with E-state index >= 15 is 13.2 Å². The average molecular weight is 2200 g/mol. The molecule has 0 aromatic heterocycles. The van der Waals surface area contributed by atoms with Crippen molar-refractivity contribution in [2.45, 2.75) is 487 Å². The number of hydrogen-bond donors (Lipinski definition) is 0. The molecule has 16 aliphatic heterocycles. The average Bonchev–Trinajstić information content (AvgIpc) is 1.55. The summed E-state index contributed by atoms with van der Waals surface area (Å²) in [6.45, 7) is 58.9. The molecule has 16 heterocycles. The summed E-state index contributed by atoms with van der Waals surface area (Å²) in [5.74, 6) is -2.72. The van der Waals surface area contributed by atoms with Gasteiger partial charge in [0.25, 0.3) is 0 Å². The second-order valence-corrected chi connectivity index (χ2v) is 62.7. The number of ketones is 2. The van der Waals surface area contributed by atoms with Gasteiger partial charge in [-0.2, -0.15) is 0 Å². The van der Waals surface area contributed by atoms with Gasteiger partial charge in [0.2, 0.25) is 0 Å². The van der Waals surface area contributed by atoms with Crippen LogP contribution < -0.4 is 0 Å². The van der Waals surface area contributed by atoms with Gasteiger partial charge in [-0.25, -0.2) is 18.0 Å². The van der Waals surface area contributed by atoms with Gasteiger partial charge in [-0.15, -0.1) is 0 Å². The van der Waals surface area contributed by atoms with Crippen molar-refractivity contribution in [3.63, 3.8) is 0 Å². The predicted octanol–water partition coefficient (Wildman–Crippen LogP) is 23.7. The molecule has 3 aromatic carbocycles. The molecule has 24 nitrogen and oxygen atoms in total. The normalized spacial score (nSPS) is 37.2. The highest BCUT2D eigenvalue weighted by Crippen LogP contribution is 2.58. The van der Waals surface area contributed by atoms with Crippen molar-refractivity contribution in [2.75, 3.05) is 13.2 Å². The molecule has 12 bridgehead atoms. The molecule has 0 saturated carbocycles. The van der Waals surface area contributed by atoms with Crippen LogP contribution in [0.5, 0.6) is 0 Å². The van der Waals surface area contributed by atoms with E-state index in [1.165, 1.54) is 0 Å². The van der Waals surface area contributed by atoms with Gasteiger partial charge in [0, 0.05) is 89.8 Å². The molecular weight excluding hydrogens is 2030 g/mol. The standard InChI is InChI=1S/C61H87BrO13SSi.C55H83BrO11Si/c1-12-13-22-42-30-37(3)39(5)49(68-42)33-50-52(40(6)48(71-50)29-36(2)35-67-77(10,11)60(7,8)9)58(76(65,66)45-23-18-15-19-24-45)46(63)32-43-25-26-47-53(69-43)57-56-55(72-47)54-51(73-56)34-61(74-54,75-57)28-27-44(31-38(4)62)70-59(64)41-20-16-14-17-21-41;1-12-13-19-39-25-33(3)35(5)45(60-39)29-46-42(36(6)44(63-46)24-32(2)31-59-68(10,11)54(7,8)9)28-38(57)27-40-20-21-43-48(61-40)52-51-50(64-43)49-47(65-51)30-55(66-49,67-52)23-22-41(26-34(4)56)62-53(58)37-17-15-14-16-18-37/h14-21,23-24,36-37,40,42-44,47-58H,4-5,12-13,22,25-35H2,1-3,6-11H3;14-18,32-33,36,39-52H,4-5,12-13,19-31H2,1-3,6-11H3/t36-,37+,40-,42-,43+,44+,47-,48+,49+,50?,51+,52+,53-,54-,55-,56+,57?,58?,61-;32-,33+,36+,39-,40+,41+,42+,43-,44+,45+,46?,47+,48-,49-,50-,51+,52?,55-/m00/s1. The van der Waals surface area contributed by atoms with E-state index in [4.69, 9.17) is 84.6 Å². The fraction of sp³-hybridized carbons (Fsp3) is 0.741. The van der Waals surface area contributed by atoms with Gasteiger partial charge >= 0.3 is 11.9 Å². The van der Waals surface area contributed by atoms with E-state index < -0.39 is 116 Å². The number of carbonyl (C=O) groups is 4. The van der Waals surface area contributed by atoms with Crippen LogP contribution in [0.4, 0.5) is 0 Å². The number of rotatable bonds is 44. The predicted molar refractivity (Wildman–Crippen MR) is 569 cm³/mol. The molecule has 3 aromatic rings. The Kier molecular flexibility index (Phi) is 37.1. The topological polar surface area (TPSA) is 269 Å². The van der Waals surface area contributed by atoms with Gasteiger partial charge in [-0.3, -0.25) is 9.59 Å². The summed E-state index contributed by atoms with van der Waals surface area (Å²) in [7, 11) is -8.24. The van der Waals surface area contributed by atoms with Crippen LogP contribution in [0.2, 0.25) is 36.3 Å². The SMILES string of the molecule is C=C(Br)C[C@@H](CC[C@@]12C[C@H]3O[C@H]4C(O1)[C@H]1O[C@@H](CC(=O)C([C@H]5C(C[C@H]6O[C@@H](CCCC)C[C@@H](C)C6=C)O[C@H](C[C@H](C)CO[Si](C)(C)C(C)(C)C)[C@@H]5C)S(=O)(=O)c5ccccc5)CC[C@@H]1O[C@H]4[C@H]3O2)OC(=O)c1ccccc1.C=C(Br)C[C@@H](CC[C@@]12C[C@H]3O[C@H]4C(O1)[C@H]1O[C@@H](CC(=O)C[C@H]5C(C[C@H]6O[C@@H](CCCC)C[C@@H](C)C6=C)O[C@H](C[C@H](C)CO[Si](C)(C)C(C)(C)C)[C@@H]5C)CC[C@@H]1O[C@H]4[C@H]3O2)OC(=O)c1ccccc1. The lowest BCUT2D eigenvalue weighted by Crippen LogP contribution is -2.62. The summed E-state index contributed by atoms with van der Waals surface area (Å²) in [4.78, 5) is 56.6. The largest absolute Gasteiger partial charge is 0.458 e. The van der Waals surface area contributed by atoms with E-state index in [0.29, 0.717) is 131 Å². The summed E-state index contributed by atoms with van der Waals surface area (Å²) in [6, 6.07) is 26.4. The third-order valence-corrected chi connectivity index (χ3v) is 47.6. The number of unbranched alkanes of at least 4 members (excludes halogenated alkanes) is 2. The van der Waals surface area contributed by atoms with Crippen LogP contribution in [0.25, 0.3) is 0 Å². The third-order valence-electron chi connectivity index (χ3n) is 35.7. The first-order chi connectivity index (χ1) is 68.7. The Bertz CT molecular complexity index is 5040. The van der Waals surface area contributed by atoms with Crippen molar-refractivity contribution >= 4 is 81.8 Å². The van der Waals surface area contributed by atoms with Gasteiger partial charge in [0.15, 0.2) is 43.8 Å². The van der Waals surface area contributed by atoms with Crippen LogP contribution in [-0.4, -0.2) is 237 Å². The van der Waals surface area contributed by atoms with E-state index in [1.807, 2.05) is 24.3 Å². The van der Waals surface area contributed by atoms with Crippen molar-refractivity contribution in [3.05, 3.63) is 149 Å². The maximum atomic E-state index is 15.7. The fourth-order valence-electron chi connectivity index (χ4n) is 25.3. The molecule has 0 radical (unpaired) electrons. The molecule has 5 unspecified atom stereocenters. The first-order valence-electron chi connectivity index (χ1n) is 55.1. The fourth-order valence-corrected chi connectivity index (χ4v) is 30.4. The number of halogens is 2. The first-order valence-corrected chi connectivity index (χ1v) is 64.1. The molecule has 16 fully saturated rings. The van der Waals surface area contributed by atoms with Crippen LogP contribution in [0, 0.1) is 47.3 Å². The highest BCUT2D eigenvalue weighted by Gasteiger charge is 2.71. The molecule has 16 saturated heterocycles. The van der Waals surface area contributed by atoms with Crippen molar-refractivity contribution in [3.8, 4) is 0 Å². The molecular formula is C116H170Br2O24SSi2. The van der Waals surface area contributed by atoms with Crippen LogP contribution in [0.1, 0.15) is 291 Å². The summed E-state index contributed by atoms with van der Waals surface area (Å²) in [6.07, 6.45) is 9.89. The minimum atomic E-state index is -4.28. The first kappa shape index (κ1) is 113. The summed E-state index contributed by atoms with van der Waals surface area (Å²) in [5.41, 5.74) is 3.11. The van der Waals surface area contributed by atoms with Crippen molar-refractivity contribution in [2.24, 2.45) is 47.3 Å². The van der Waals surface area contributed by atoms with Gasteiger partial charge in [0.05, 0.1) is 101 Å². The molecule has 0 amide bonds. The summed E-state index contributed by atoms with van der Waals surface area (Å²) in [5, 5.41) is -1.23. The van der Waals surface area contributed by atoms with Crippen LogP contribution in [0.3, 0.4) is 0 Å². The number of ether oxygens (including phenoxy) is 16. The second kappa shape index (κ2) is 47.5. The van der Waals surface area contributed by atoms with Crippen molar-refractivity contribution < 1.29 is 112 Å². The van der Waals surface area contributed by atoms with Crippen LogP contribution in [-0.2, 0) is 104 Å². The van der Waals surface area contributed by atoms with E-state index in [-0.39, 0.29) is 167 Å². The summed E-state index contributed by atoms with van der Waals surface area (Å²) >= 11 is 6.99. The lowest BCUT2D eigenvalue weighted by atomic mass is 9.78. The number of benzene rings is 3. The molecule has 29 heteroatoms. The zero-order valence-electron chi connectivity index (χ0n) is 89.7. The number of carbonyl (C=O) groups excluding carboxylic acids is 4. The third kappa shape index (κ3) is 26.2. The molecule has 145 heavy (non-hydrogen) atoms. The van der Waals surface area contributed by atoms with E-state index in [9.17, 15) is 14.4 Å². The van der Waals surface area contributed by atoms with Crippen LogP contribution in [0.15, 0.2) is 142 Å². The van der Waals surface area contributed by atoms with E-state index in [1.54, 1.807) is 66.7 Å². The van der Waals surface area contributed by atoms with Gasteiger partial charge in [-0.05, 0) is 211 Å². The molecule has 806 valence electrons. The highest BCUT2D eigenvalue weighted by molar-refractivity contribution is 9.12. The van der Waals surface area contributed by atoms with Crippen molar-refractivity contribution in [1.29, 1.82) is 0 Å². The minimum Gasteiger partial charge on any atom is -0.458 e. The van der Waals surface area contributed by atoms with Gasteiger partial charge in [0.1, 0.15) is 84.3 Å². The summed E-state index contributed by atoms with van der Waals surface area (Å²) < 4.78 is 155. The van der Waals surface area contributed by atoms with Gasteiger partial charge < -0.3 is 84.6 Å². The minimum absolute atomic E-state index is 0.0212. The molecule has 19 rings (SSSR count). The lowest BCUT2D eigenvalue weighted by molar-refractivity contribution is -0.292. The van der Waals surface area contributed by atoms with E-state index in [2.05, 4.69) is 181 Å². The number of esters is 2. The highest BCUT2D eigenvalue weighted by atomic mass is 79.9. The lowest BCUT2D eigenvalue weighted by Gasteiger charge is -2.47. The zero-order chi connectivity index (χ0) is 104. The molecule has 37 atom stereocenters. The van der Waals surface area contributed by atoms with Crippen LogP contribution >= 0.6 is 31.9 Å². The maximum absolute atomic E-state index is 15.7. The Morgan fingerprint density at radius 1 is 0.476 bits per heavy atom. The Hall–Kier alpha value is -4.40. The molecule has 0 N–H and O–H groups in total. The number of hydrogen-bond acceptors (Lipinski definition) is 24. The smallest absolute Gasteiger partial charge is 0.338 e. The molecule has 16 aliphatic rings. The quantitative estimate of drug-likeness (QED) is 0.0289. The number of sulfone groups is 1. The molecule has 0 aliphatic carbocycles. The number of Topliss-reactive ketones (excluding diaryl/α,β-unsaturated/α-hetero) is 2. The Morgan fingerprint density at radius 3 is 1.31 bits per heavy atom. The Labute approximate surface area is 884 Å². The zero-order valence-corrected chi connectivity index (χ0v) is 95.7. The van der Waals surface area contributed by atoms with Crippen molar-refractivity contribution in [1.82, 2.24) is 0 Å². The second-order valence-electron chi connectivity index (χ2n) is 48.8. The Morgan fingerprint density at radius 2 is 0.876 bits per heavy atom. The Balaban J connectivity index is 0.000000209. The van der Waals surface area contributed by atoms with Gasteiger partial charge in [-0.1, -0.05) is 235 Å². The monoisotopic (exact) mass is 2190 g/mol. The number of fused-ring (bicyclic) bond motifs is 2. The molecule has 0 spiro atoms. The van der Waals surface area contributed by atoms with E-state index in [0.717, 1.165) is 92.7 Å². The maximum Gasteiger partial charge on any atom is 0.338 e.